The van der Waals surface area contributed by atoms with Gasteiger partial charge in [0.2, 0.25) is 0 Å². The largest absolute Gasteiger partial charge is 0.483 e. The van der Waals surface area contributed by atoms with E-state index in [1.54, 1.807) is 24.3 Å². The number of ether oxygens (including phenoxy) is 2. The lowest BCUT2D eigenvalue weighted by molar-refractivity contribution is -0.151. The SMILES string of the molecule is O=C(Nc1ccccc1)c1ccccc1OCC(=O)N1CCO[C@H]2CCCC[C@H]21. The van der Waals surface area contributed by atoms with E-state index in [9.17, 15) is 9.59 Å². The smallest absolute Gasteiger partial charge is 0.260 e. The lowest BCUT2D eigenvalue weighted by Gasteiger charge is -2.43. The van der Waals surface area contributed by atoms with Crippen LogP contribution in [-0.4, -0.2) is 48.6 Å². The molecule has 152 valence electrons. The van der Waals surface area contributed by atoms with Gasteiger partial charge in [-0.2, -0.15) is 0 Å². The van der Waals surface area contributed by atoms with E-state index in [2.05, 4.69) is 5.32 Å². The van der Waals surface area contributed by atoms with E-state index in [0.717, 1.165) is 25.7 Å². The van der Waals surface area contributed by atoms with Crippen molar-refractivity contribution in [2.24, 2.45) is 0 Å². The van der Waals surface area contributed by atoms with E-state index >= 15 is 0 Å². The first kappa shape index (κ1) is 19.5. The van der Waals surface area contributed by atoms with Crippen molar-refractivity contribution in [3.63, 3.8) is 0 Å². The molecule has 2 aromatic carbocycles. The summed E-state index contributed by atoms with van der Waals surface area (Å²) in [6, 6.07) is 16.4. The van der Waals surface area contributed by atoms with Crippen molar-refractivity contribution in [2.75, 3.05) is 25.1 Å². The van der Waals surface area contributed by atoms with Crippen LogP contribution in [0, 0.1) is 0 Å². The Morgan fingerprint density at radius 2 is 1.79 bits per heavy atom. The Labute approximate surface area is 170 Å². The van der Waals surface area contributed by atoms with Gasteiger partial charge in [0.15, 0.2) is 6.61 Å². The van der Waals surface area contributed by atoms with Crippen LogP contribution < -0.4 is 10.1 Å². The average molecular weight is 394 g/mol. The number of hydrogen-bond acceptors (Lipinski definition) is 4. The van der Waals surface area contributed by atoms with Crippen molar-refractivity contribution in [3.05, 3.63) is 60.2 Å². The van der Waals surface area contributed by atoms with Gasteiger partial charge < -0.3 is 19.7 Å². The molecule has 0 bridgehead atoms. The molecule has 1 saturated carbocycles. The predicted octanol–water partition coefficient (Wildman–Crippen LogP) is 3.49. The molecule has 0 radical (unpaired) electrons. The minimum Gasteiger partial charge on any atom is -0.483 e. The van der Waals surface area contributed by atoms with Crippen LogP contribution in [0.15, 0.2) is 54.6 Å². The van der Waals surface area contributed by atoms with Crippen LogP contribution in [0.4, 0.5) is 5.69 Å². The number of carbonyl (C=O) groups is 2. The van der Waals surface area contributed by atoms with Gasteiger partial charge in [-0.3, -0.25) is 9.59 Å². The quantitative estimate of drug-likeness (QED) is 0.843. The highest BCUT2D eigenvalue weighted by atomic mass is 16.5. The summed E-state index contributed by atoms with van der Waals surface area (Å²) in [5.74, 6) is 0.0872. The molecule has 0 aromatic heterocycles. The van der Waals surface area contributed by atoms with Gasteiger partial charge in [0.05, 0.1) is 24.3 Å². The molecule has 1 heterocycles. The first-order valence-corrected chi connectivity index (χ1v) is 10.2. The Morgan fingerprint density at radius 1 is 1.03 bits per heavy atom. The van der Waals surface area contributed by atoms with E-state index in [1.165, 1.54) is 0 Å². The molecule has 0 unspecified atom stereocenters. The van der Waals surface area contributed by atoms with Crippen LogP contribution >= 0.6 is 0 Å². The van der Waals surface area contributed by atoms with Gasteiger partial charge in [-0.15, -0.1) is 0 Å². The maximum atomic E-state index is 12.8. The van der Waals surface area contributed by atoms with Crippen LogP contribution in [0.5, 0.6) is 5.75 Å². The maximum absolute atomic E-state index is 12.8. The van der Waals surface area contributed by atoms with Crippen molar-refractivity contribution < 1.29 is 19.1 Å². The lowest BCUT2D eigenvalue weighted by atomic mass is 9.90. The molecule has 2 aromatic rings. The summed E-state index contributed by atoms with van der Waals surface area (Å²) < 4.78 is 11.6. The fourth-order valence-corrected chi connectivity index (χ4v) is 4.13. The Bertz CT molecular complexity index is 853. The van der Waals surface area contributed by atoms with Gasteiger partial charge in [0, 0.05) is 12.2 Å². The van der Waals surface area contributed by atoms with E-state index in [4.69, 9.17) is 9.47 Å². The Hall–Kier alpha value is -2.86. The molecular formula is C23H26N2O4. The van der Waals surface area contributed by atoms with Crippen LogP contribution in [0.3, 0.4) is 0 Å². The number of morpholine rings is 1. The van der Waals surface area contributed by atoms with Crippen molar-refractivity contribution in [3.8, 4) is 5.75 Å². The molecule has 4 rings (SSSR count). The van der Waals surface area contributed by atoms with Crippen LogP contribution in [0.2, 0.25) is 0 Å². The van der Waals surface area contributed by atoms with E-state index in [-0.39, 0.29) is 30.6 Å². The number of hydrogen-bond donors (Lipinski definition) is 1. The summed E-state index contributed by atoms with van der Waals surface area (Å²) in [7, 11) is 0. The number of carbonyl (C=O) groups excluding carboxylic acids is 2. The van der Waals surface area contributed by atoms with Gasteiger partial charge in [0.1, 0.15) is 5.75 Å². The number of rotatable bonds is 5. The number of fused-ring (bicyclic) bond motifs is 1. The molecule has 2 aliphatic rings. The predicted molar refractivity (Wildman–Crippen MR) is 110 cm³/mol. The van der Waals surface area contributed by atoms with E-state index in [1.807, 2.05) is 35.2 Å². The molecule has 1 saturated heterocycles. The summed E-state index contributed by atoms with van der Waals surface area (Å²) in [6.07, 6.45) is 4.41. The van der Waals surface area contributed by atoms with Gasteiger partial charge in [-0.05, 0) is 37.1 Å². The van der Waals surface area contributed by atoms with E-state index < -0.39 is 0 Å². The van der Waals surface area contributed by atoms with Gasteiger partial charge in [-0.25, -0.2) is 0 Å². The molecule has 6 nitrogen and oxygen atoms in total. The topological polar surface area (TPSA) is 67.9 Å². The third-order valence-electron chi connectivity index (χ3n) is 5.57. The molecule has 1 aliphatic heterocycles. The highest BCUT2D eigenvalue weighted by Gasteiger charge is 2.36. The fraction of sp³-hybridized carbons (Fsp3) is 0.391. The van der Waals surface area contributed by atoms with Gasteiger partial charge >= 0.3 is 0 Å². The number of amides is 2. The number of para-hydroxylation sites is 2. The second-order valence-corrected chi connectivity index (χ2v) is 7.45. The summed E-state index contributed by atoms with van der Waals surface area (Å²) in [5, 5.41) is 2.86. The summed E-state index contributed by atoms with van der Waals surface area (Å²) in [5.41, 5.74) is 1.11. The molecule has 1 aliphatic carbocycles. The molecule has 6 heteroatoms. The third-order valence-corrected chi connectivity index (χ3v) is 5.57. The molecule has 2 atom stereocenters. The maximum Gasteiger partial charge on any atom is 0.260 e. The highest BCUT2D eigenvalue weighted by Crippen LogP contribution is 2.28. The molecular weight excluding hydrogens is 368 g/mol. The lowest BCUT2D eigenvalue weighted by Crippen LogP contribution is -2.55. The highest BCUT2D eigenvalue weighted by molar-refractivity contribution is 6.06. The average Bonchev–Trinajstić information content (AvgIpc) is 2.78. The molecule has 2 fully saturated rings. The molecule has 1 N–H and O–H groups in total. The van der Waals surface area contributed by atoms with Crippen molar-refractivity contribution in [2.45, 2.75) is 37.8 Å². The van der Waals surface area contributed by atoms with Gasteiger partial charge in [0.25, 0.3) is 11.8 Å². The van der Waals surface area contributed by atoms with Crippen molar-refractivity contribution >= 4 is 17.5 Å². The minimum atomic E-state index is -0.266. The fourth-order valence-electron chi connectivity index (χ4n) is 4.13. The number of nitrogens with one attached hydrogen (secondary N) is 1. The van der Waals surface area contributed by atoms with E-state index in [0.29, 0.717) is 30.2 Å². The normalized spacial score (nSPS) is 21.2. The standard InChI is InChI=1S/C23H26N2O4/c26-22(25-14-15-28-21-13-7-5-11-19(21)25)16-29-20-12-6-4-10-18(20)23(27)24-17-8-2-1-3-9-17/h1-4,6,8-10,12,19,21H,5,7,11,13-16H2,(H,24,27)/t19-,21+/m1/s1. The first-order chi connectivity index (χ1) is 14.2. The summed E-state index contributed by atoms with van der Waals surface area (Å²) in [6.45, 7) is 1.08. The zero-order valence-electron chi connectivity index (χ0n) is 16.4. The second kappa shape index (κ2) is 9.09. The van der Waals surface area contributed by atoms with Crippen LogP contribution in [0.1, 0.15) is 36.0 Å². The molecule has 0 spiro atoms. The van der Waals surface area contributed by atoms with Crippen molar-refractivity contribution in [1.29, 1.82) is 0 Å². The Balaban J connectivity index is 1.41. The number of benzene rings is 2. The van der Waals surface area contributed by atoms with Gasteiger partial charge in [-0.1, -0.05) is 43.2 Å². The first-order valence-electron chi connectivity index (χ1n) is 10.2. The minimum absolute atomic E-state index is 0.0523. The zero-order chi connectivity index (χ0) is 20.1. The van der Waals surface area contributed by atoms with Crippen LogP contribution in [0.25, 0.3) is 0 Å². The summed E-state index contributed by atoms with van der Waals surface area (Å²) >= 11 is 0. The van der Waals surface area contributed by atoms with Crippen molar-refractivity contribution in [1.82, 2.24) is 4.90 Å². The molecule has 2 amide bonds. The third kappa shape index (κ3) is 4.59. The Kier molecular flexibility index (Phi) is 6.10. The zero-order valence-corrected chi connectivity index (χ0v) is 16.4. The van der Waals surface area contributed by atoms with Crippen LogP contribution in [-0.2, 0) is 9.53 Å². The summed E-state index contributed by atoms with van der Waals surface area (Å²) in [4.78, 5) is 27.4. The number of nitrogens with zero attached hydrogens (tertiary/aromatic N) is 1. The monoisotopic (exact) mass is 394 g/mol. The Morgan fingerprint density at radius 3 is 2.66 bits per heavy atom. The molecule has 29 heavy (non-hydrogen) atoms. The second-order valence-electron chi connectivity index (χ2n) is 7.45. The number of anilines is 1.